The molecule has 1 aromatic carbocycles. The fourth-order valence-corrected chi connectivity index (χ4v) is 4.80. The molecule has 0 radical (unpaired) electrons. The van der Waals surface area contributed by atoms with Gasteiger partial charge in [0.05, 0.1) is 12.2 Å². The second-order valence-corrected chi connectivity index (χ2v) is 8.00. The summed E-state index contributed by atoms with van der Waals surface area (Å²) < 4.78 is 5.69. The molecule has 0 aromatic heterocycles. The van der Waals surface area contributed by atoms with Gasteiger partial charge in [-0.1, -0.05) is 31.4 Å². The van der Waals surface area contributed by atoms with E-state index in [0.29, 0.717) is 29.3 Å². The number of hydrogen-bond acceptors (Lipinski definition) is 3. The molecule has 2 fully saturated rings. The molecule has 1 aliphatic carbocycles. The van der Waals surface area contributed by atoms with Gasteiger partial charge in [-0.25, -0.2) is 0 Å². The average molecular weight is 344 g/mol. The van der Waals surface area contributed by atoms with Gasteiger partial charge in [0.25, 0.3) is 5.91 Å². The first-order valence-electron chi connectivity index (χ1n) is 9.71. The third kappa shape index (κ3) is 3.84. The lowest BCUT2D eigenvalue weighted by Crippen LogP contribution is -2.38. The molecule has 1 saturated heterocycles. The number of benzene rings is 1. The molecule has 1 saturated carbocycles. The van der Waals surface area contributed by atoms with Crippen LogP contribution in [0, 0.1) is 11.3 Å². The minimum absolute atomic E-state index is 0.134. The average Bonchev–Trinajstić information content (AvgIpc) is 2.93. The van der Waals surface area contributed by atoms with Crippen molar-refractivity contribution in [2.75, 3.05) is 40.3 Å². The Balaban J connectivity index is 1.82. The number of nitrogens with zero attached hydrogens (tertiary/aromatic N) is 2. The molecule has 2 aliphatic rings. The van der Waals surface area contributed by atoms with Gasteiger partial charge in [-0.15, -0.1) is 0 Å². The topological polar surface area (TPSA) is 32.8 Å². The van der Waals surface area contributed by atoms with E-state index in [4.69, 9.17) is 4.74 Å². The van der Waals surface area contributed by atoms with Crippen molar-refractivity contribution in [2.45, 2.75) is 39.0 Å². The summed E-state index contributed by atoms with van der Waals surface area (Å²) in [5.74, 6) is 1.42. The summed E-state index contributed by atoms with van der Waals surface area (Å²) >= 11 is 0. The van der Waals surface area contributed by atoms with Gasteiger partial charge >= 0.3 is 0 Å². The van der Waals surface area contributed by atoms with Gasteiger partial charge in [0.1, 0.15) is 5.75 Å². The number of amides is 1. The minimum atomic E-state index is 0.134. The predicted molar refractivity (Wildman–Crippen MR) is 101 cm³/mol. The lowest BCUT2D eigenvalue weighted by molar-refractivity contribution is 0.0751. The van der Waals surface area contributed by atoms with Gasteiger partial charge < -0.3 is 14.5 Å². The van der Waals surface area contributed by atoms with E-state index >= 15 is 0 Å². The van der Waals surface area contributed by atoms with Crippen LogP contribution in [0.3, 0.4) is 0 Å². The van der Waals surface area contributed by atoms with E-state index < -0.39 is 0 Å². The Hall–Kier alpha value is -1.55. The molecular weight excluding hydrogens is 312 g/mol. The normalized spacial score (nSPS) is 22.6. The Morgan fingerprint density at radius 2 is 1.96 bits per heavy atom. The summed E-state index contributed by atoms with van der Waals surface area (Å²) in [4.78, 5) is 17.6. The largest absolute Gasteiger partial charge is 0.493 e. The fraction of sp³-hybridized carbons (Fsp3) is 0.667. The highest BCUT2D eigenvalue weighted by atomic mass is 16.5. The number of likely N-dealkylation sites (tertiary alicyclic amines) is 1. The van der Waals surface area contributed by atoms with E-state index in [-0.39, 0.29) is 5.91 Å². The zero-order chi connectivity index (χ0) is 17.9. The molecular formula is C21H32N2O2. The summed E-state index contributed by atoms with van der Waals surface area (Å²) in [6.07, 6.45) is 6.49. The molecule has 1 atom stereocenters. The van der Waals surface area contributed by atoms with Crippen molar-refractivity contribution in [3.05, 3.63) is 29.8 Å². The first kappa shape index (κ1) is 18.2. The van der Waals surface area contributed by atoms with Crippen LogP contribution in [0.2, 0.25) is 0 Å². The molecule has 4 nitrogen and oxygen atoms in total. The van der Waals surface area contributed by atoms with Crippen LogP contribution in [0.15, 0.2) is 24.3 Å². The van der Waals surface area contributed by atoms with Crippen molar-refractivity contribution < 1.29 is 9.53 Å². The molecule has 138 valence electrons. The third-order valence-electron chi connectivity index (χ3n) is 5.95. The Morgan fingerprint density at radius 3 is 2.64 bits per heavy atom. The lowest BCUT2D eigenvalue weighted by atomic mass is 9.67. The summed E-state index contributed by atoms with van der Waals surface area (Å²) in [5.41, 5.74) is 1.03. The summed E-state index contributed by atoms with van der Waals surface area (Å²) in [5, 5.41) is 0. The highest BCUT2D eigenvalue weighted by Gasteiger charge is 2.48. The van der Waals surface area contributed by atoms with E-state index in [2.05, 4.69) is 23.9 Å². The first-order valence-corrected chi connectivity index (χ1v) is 9.71. The maximum absolute atomic E-state index is 13.2. The van der Waals surface area contributed by atoms with Crippen LogP contribution in [0.4, 0.5) is 0 Å². The molecule has 1 amide bonds. The summed E-state index contributed by atoms with van der Waals surface area (Å²) in [7, 11) is 4.29. The van der Waals surface area contributed by atoms with E-state index in [1.54, 1.807) is 0 Å². The molecule has 3 rings (SSSR count). The van der Waals surface area contributed by atoms with Gasteiger partial charge in [-0.05, 0) is 57.3 Å². The second kappa shape index (κ2) is 7.77. The van der Waals surface area contributed by atoms with Crippen molar-refractivity contribution in [3.8, 4) is 5.75 Å². The van der Waals surface area contributed by atoms with Crippen LogP contribution < -0.4 is 4.74 Å². The number of para-hydroxylation sites is 1. The second-order valence-electron chi connectivity index (χ2n) is 8.00. The SMILES string of the molecule is CCOc1ccccc1C(=O)N1CC(CN(C)C)C2(CCCCC2)C1. The number of carbonyl (C=O) groups excluding carboxylic acids is 1. The van der Waals surface area contributed by atoms with Crippen molar-refractivity contribution in [2.24, 2.45) is 11.3 Å². The van der Waals surface area contributed by atoms with Gasteiger partial charge in [-0.3, -0.25) is 4.79 Å². The van der Waals surface area contributed by atoms with Crippen LogP contribution in [0.25, 0.3) is 0 Å². The van der Waals surface area contributed by atoms with Crippen LogP contribution in [-0.4, -0.2) is 56.0 Å². The fourth-order valence-electron chi connectivity index (χ4n) is 4.80. The van der Waals surface area contributed by atoms with Crippen LogP contribution in [-0.2, 0) is 0 Å². The van der Waals surface area contributed by atoms with Crippen molar-refractivity contribution in [3.63, 3.8) is 0 Å². The Kier molecular flexibility index (Phi) is 5.67. The number of hydrogen-bond donors (Lipinski definition) is 0. The predicted octanol–water partition coefficient (Wildman–Crippen LogP) is 3.67. The third-order valence-corrected chi connectivity index (χ3v) is 5.95. The standard InChI is InChI=1S/C21H32N2O2/c1-4-25-19-11-7-6-10-18(19)20(24)23-15-17(14-22(2)3)21(16-23)12-8-5-9-13-21/h6-7,10-11,17H,4-5,8-9,12-16H2,1-3H3. The number of carbonyl (C=O) groups is 1. The Labute approximate surface area is 152 Å². The van der Waals surface area contributed by atoms with Crippen molar-refractivity contribution >= 4 is 5.91 Å². The lowest BCUT2D eigenvalue weighted by Gasteiger charge is -2.39. The molecule has 1 spiro atoms. The molecule has 1 aromatic rings. The van der Waals surface area contributed by atoms with E-state index in [9.17, 15) is 4.79 Å². The van der Waals surface area contributed by atoms with E-state index in [0.717, 1.165) is 19.6 Å². The monoisotopic (exact) mass is 344 g/mol. The number of rotatable bonds is 5. The molecule has 1 aliphatic heterocycles. The van der Waals surface area contributed by atoms with E-state index in [1.807, 2.05) is 31.2 Å². The van der Waals surface area contributed by atoms with E-state index in [1.165, 1.54) is 32.1 Å². The van der Waals surface area contributed by atoms with Gasteiger partial charge in [0.15, 0.2) is 0 Å². The van der Waals surface area contributed by atoms with Crippen LogP contribution in [0.5, 0.6) is 5.75 Å². The molecule has 1 heterocycles. The number of ether oxygens (including phenoxy) is 1. The molecule has 0 N–H and O–H groups in total. The van der Waals surface area contributed by atoms with Gasteiger partial charge in [0.2, 0.25) is 0 Å². The Bertz CT molecular complexity index is 593. The quantitative estimate of drug-likeness (QED) is 0.817. The van der Waals surface area contributed by atoms with Crippen molar-refractivity contribution in [1.82, 2.24) is 9.80 Å². The highest BCUT2D eigenvalue weighted by Crippen LogP contribution is 2.48. The summed E-state index contributed by atoms with van der Waals surface area (Å²) in [6.45, 7) is 5.39. The van der Waals surface area contributed by atoms with Gasteiger partial charge in [-0.2, -0.15) is 0 Å². The molecule has 4 heteroatoms. The zero-order valence-corrected chi connectivity index (χ0v) is 16.0. The highest BCUT2D eigenvalue weighted by molar-refractivity contribution is 5.97. The first-order chi connectivity index (χ1) is 12.1. The van der Waals surface area contributed by atoms with Crippen LogP contribution in [0.1, 0.15) is 49.4 Å². The van der Waals surface area contributed by atoms with Gasteiger partial charge in [0, 0.05) is 19.6 Å². The minimum Gasteiger partial charge on any atom is -0.493 e. The molecule has 0 bridgehead atoms. The molecule has 1 unspecified atom stereocenters. The maximum Gasteiger partial charge on any atom is 0.257 e. The maximum atomic E-state index is 13.2. The zero-order valence-electron chi connectivity index (χ0n) is 16.0. The smallest absolute Gasteiger partial charge is 0.257 e. The van der Waals surface area contributed by atoms with Crippen LogP contribution >= 0.6 is 0 Å². The Morgan fingerprint density at radius 1 is 1.24 bits per heavy atom. The molecule has 25 heavy (non-hydrogen) atoms. The summed E-state index contributed by atoms with van der Waals surface area (Å²) in [6, 6.07) is 7.67. The van der Waals surface area contributed by atoms with Crippen molar-refractivity contribution in [1.29, 1.82) is 0 Å².